The van der Waals surface area contributed by atoms with Gasteiger partial charge in [0.25, 0.3) is 0 Å². The molecule has 0 radical (unpaired) electrons. The topological polar surface area (TPSA) is 0 Å². The van der Waals surface area contributed by atoms with Crippen molar-refractivity contribution in [2.24, 2.45) is 0 Å². The maximum Gasteiger partial charge on any atom is 0.245 e. The second-order valence-electron chi connectivity index (χ2n) is 11.6. The van der Waals surface area contributed by atoms with Gasteiger partial charge >= 0.3 is 0 Å². The lowest BCUT2D eigenvalue weighted by atomic mass is 9.37. The van der Waals surface area contributed by atoms with Crippen LogP contribution in [0.4, 0.5) is 0 Å². The van der Waals surface area contributed by atoms with Gasteiger partial charge in [0.2, 0.25) is 6.71 Å². The summed E-state index contributed by atoms with van der Waals surface area (Å²) in [4.78, 5) is 0. The molecule has 0 spiro atoms. The van der Waals surface area contributed by atoms with Gasteiger partial charge in [-0.3, -0.25) is 0 Å². The van der Waals surface area contributed by atoms with Crippen molar-refractivity contribution >= 4 is 87.7 Å². The van der Waals surface area contributed by atoms with Gasteiger partial charge in [-0.15, -0.1) is 0 Å². The van der Waals surface area contributed by atoms with Crippen molar-refractivity contribution in [3.05, 3.63) is 140 Å². The first kappa shape index (κ1) is 21.7. The van der Waals surface area contributed by atoms with Crippen LogP contribution < -0.4 is 16.4 Å². The molecule has 0 fully saturated rings. The van der Waals surface area contributed by atoms with E-state index in [0.29, 0.717) is 0 Å². The molecule has 0 atom stereocenters. The molecule has 1 aliphatic rings. The Balaban J connectivity index is 1.45. The number of rotatable bonds is 1. The van der Waals surface area contributed by atoms with Crippen LogP contribution in [0.3, 0.4) is 0 Å². The highest BCUT2D eigenvalue weighted by Gasteiger charge is 2.38. The summed E-state index contributed by atoms with van der Waals surface area (Å²) in [7, 11) is 0. The van der Waals surface area contributed by atoms with E-state index in [1.54, 1.807) is 0 Å². The third-order valence-electron chi connectivity index (χ3n) is 9.62. The summed E-state index contributed by atoms with van der Waals surface area (Å²) in [6, 6.07) is 52.5. The Morgan fingerprint density at radius 3 is 1.63 bits per heavy atom. The van der Waals surface area contributed by atoms with Crippen LogP contribution in [0.25, 0.3) is 75.8 Å². The van der Waals surface area contributed by atoms with Crippen LogP contribution in [-0.4, -0.2) is 6.71 Å². The molecule has 9 aromatic rings. The lowest BCUT2D eigenvalue weighted by Crippen LogP contribution is -2.50. The average molecular weight is 514 g/mol. The van der Waals surface area contributed by atoms with Crippen LogP contribution in [0, 0.1) is 0 Å². The molecule has 0 saturated carbocycles. The van der Waals surface area contributed by atoms with E-state index in [1.807, 2.05) is 0 Å². The Labute approximate surface area is 237 Å². The van der Waals surface area contributed by atoms with Gasteiger partial charge in [-0.05, 0) is 81.8 Å². The number of hydrogen-bond donors (Lipinski definition) is 0. The first-order valence-electron chi connectivity index (χ1n) is 14.5. The first-order valence-corrected chi connectivity index (χ1v) is 14.5. The average Bonchev–Trinajstić information content (AvgIpc) is 3.36. The number of fused-ring (bicyclic) bond motifs is 8. The largest absolute Gasteiger partial charge is 0.245 e. The maximum atomic E-state index is 2.51. The van der Waals surface area contributed by atoms with E-state index < -0.39 is 0 Å². The molecular weight excluding hydrogens is 491 g/mol. The van der Waals surface area contributed by atoms with Crippen LogP contribution in [0.2, 0.25) is 0 Å². The van der Waals surface area contributed by atoms with Crippen LogP contribution in [0.5, 0.6) is 0 Å². The lowest BCUT2D eigenvalue weighted by molar-refractivity contribution is 1.76. The van der Waals surface area contributed by atoms with Crippen molar-refractivity contribution in [2.75, 3.05) is 0 Å². The summed E-state index contributed by atoms with van der Waals surface area (Å²) in [6.07, 6.45) is 0. The minimum Gasteiger partial charge on any atom is -0.0616 e. The molecule has 0 nitrogen and oxygen atoms in total. The van der Waals surface area contributed by atoms with Crippen molar-refractivity contribution in [1.82, 2.24) is 0 Å². The second kappa shape index (κ2) is 7.74. The maximum absolute atomic E-state index is 2.51. The molecule has 0 bridgehead atoms. The highest BCUT2D eigenvalue weighted by atomic mass is 14.3. The Kier molecular flexibility index (Phi) is 4.09. The van der Waals surface area contributed by atoms with E-state index in [-0.39, 0.29) is 6.71 Å². The fourth-order valence-electron chi connectivity index (χ4n) is 8.00. The zero-order valence-electron chi connectivity index (χ0n) is 22.4. The van der Waals surface area contributed by atoms with Crippen LogP contribution in [-0.2, 0) is 0 Å². The summed E-state index contributed by atoms with van der Waals surface area (Å²) in [5.74, 6) is 0. The van der Waals surface area contributed by atoms with Gasteiger partial charge in [0.1, 0.15) is 0 Å². The normalized spacial score (nSPS) is 12.8. The monoisotopic (exact) mass is 514 g/mol. The number of benzene rings is 9. The van der Waals surface area contributed by atoms with Crippen molar-refractivity contribution in [3.63, 3.8) is 0 Å². The molecule has 1 aliphatic heterocycles. The number of hydrogen-bond acceptors (Lipinski definition) is 0. The van der Waals surface area contributed by atoms with Crippen LogP contribution in [0.1, 0.15) is 0 Å². The third-order valence-corrected chi connectivity index (χ3v) is 9.62. The molecule has 0 aromatic heterocycles. The minimum atomic E-state index is 0.129. The zero-order valence-corrected chi connectivity index (χ0v) is 22.4. The van der Waals surface area contributed by atoms with E-state index in [4.69, 9.17) is 0 Å². The summed E-state index contributed by atoms with van der Waals surface area (Å²) in [5, 5.41) is 16.0. The van der Waals surface area contributed by atoms with Crippen molar-refractivity contribution in [3.8, 4) is 11.1 Å². The molecule has 1 heterocycles. The molecule has 0 saturated heterocycles. The summed E-state index contributed by atoms with van der Waals surface area (Å²) < 4.78 is 0. The lowest BCUT2D eigenvalue weighted by Gasteiger charge is -2.20. The molecule has 0 amide bonds. The van der Waals surface area contributed by atoms with Gasteiger partial charge in [0.15, 0.2) is 0 Å². The highest BCUT2D eigenvalue weighted by Crippen LogP contribution is 2.41. The fraction of sp³-hybridized carbons (Fsp3) is 0. The Hall–Kier alpha value is -5.14. The van der Waals surface area contributed by atoms with Crippen LogP contribution >= 0.6 is 0 Å². The van der Waals surface area contributed by atoms with Gasteiger partial charge in [-0.1, -0.05) is 150 Å². The molecule has 1 heteroatoms. The van der Waals surface area contributed by atoms with E-state index in [1.165, 1.54) is 92.2 Å². The van der Waals surface area contributed by atoms with E-state index in [0.717, 1.165) is 0 Å². The zero-order chi connectivity index (χ0) is 26.7. The Morgan fingerprint density at radius 2 is 0.902 bits per heavy atom. The molecule has 10 rings (SSSR count). The molecule has 9 aromatic carbocycles. The fourth-order valence-corrected chi connectivity index (χ4v) is 8.00. The van der Waals surface area contributed by atoms with E-state index in [9.17, 15) is 0 Å². The molecule has 0 N–H and O–H groups in total. The smallest absolute Gasteiger partial charge is 0.0616 e. The molecule has 0 aliphatic carbocycles. The SMILES string of the molecule is c1ccc2c3c(ccc2c1)-c1c(cc2ccc4cccc5ccc1c2c45)B3c1c2ccccc2cc2ccccc12. The molecule has 186 valence electrons. The van der Waals surface area contributed by atoms with Crippen LogP contribution in [0.15, 0.2) is 140 Å². The van der Waals surface area contributed by atoms with Gasteiger partial charge < -0.3 is 0 Å². The Bertz CT molecular complexity index is 2470. The predicted molar refractivity (Wildman–Crippen MR) is 179 cm³/mol. The summed E-state index contributed by atoms with van der Waals surface area (Å²) >= 11 is 0. The van der Waals surface area contributed by atoms with Gasteiger partial charge in [0.05, 0.1) is 0 Å². The van der Waals surface area contributed by atoms with Gasteiger partial charge in [0, 0.05) is 0 Å². The van der Waals surface area contributed by atoms with Crippen molar-refractivity contribution in [2.45, 2.75) is 0 Å². The molecule has 0 unspecified atom stereocenters. The van der Waals surface area contributed by atoms with Crippen molar-refractivity contribution in [1.29, 1.82) is 0 Å². The van der Waals surface area contributed by atoms with Gasteiger partial charge in [-0.25, -0.2) is 0 Å². The van der Waals surface area contributed by atoms with E-state index in [2.05, 4.69) is 140 Å². The standard InChI is InChI=1S/C40H23B/c1-4-13-30-24(8-1)18-21-34-38-33-20-19-26-12-7-11-25-16-17-29(37(33)36(25)26)23-35(38)41(40(30)34)39-31-14-5-2-9-27(31)22-28-10-3-6-15-32(28)39/h1-23H. The third kappa shape index (κ3) is 2.76. The summed E-state index contributed by atoms with van der Waals surface area (Å²) in [6.45, 7) is 0.129. The van der Waals surface area contributed by atoms with Gasteiger partial charge in [-0.2, -0.15) is 0 Å². The molecule has 41 heavy (non-hydrogen) atoms. The van der Waals surface area contributed by atoms with Crippen molar-refractivity contribution < 1.29 is 0 Å². The predicted octanol–water partition coefficient (Wildman–Crippen LogP) is 8.54. The first-order chi connectivity index (χ1) is 20.3. The minimum absolute atomic E-state index is 0.129. The highest BCUT2D eigenvalue weighted by molar-refractivity contribution is 7.03. The molecular formula is C40H23B. The summed E-state index contributed by atoms with van der Waals surface area (Å²) in [5.41, 5.74) is 7.05. The van der Waals surface area contributed by atoms with E-state index >= 15 is 0 Å². The quantitative estimate of drug-likeness (QED) is 0.117. The second-order valence-corrected chi connectivity index (χ2v) is 11.6. The Morgan fingerprint density at radius 1 is 0.341 bits per heavy atom.